The summed E-state index contributed by atoms with van der Waals surface area (Å²) in [6.45, 7) is 1.83. The summed E-state index contributed by atoms with van der Waals surface area (Å²) in [6.07, 6.45) is 2.83. The van der Waals surface area contributed by atoms with Crippen LogP contribution in [0.4, 0.5) is 4.39 Å². The third-order valence-corrected chi connectivity index (χ3v) is 5.62. The summed E-state index contributed by atoms with van der Waals surface area (Å²) in [7, 11) is -3.96. The van der Waals surface area contributed by atoms with E-state index in [2.05, 4.69) is 11.6 Å². The number of nitrogens with one attached hydrogen (secondary N) is 1. The van der Waals surface area contributed by atoms with E-state index in [9.17, 15) is 17.9 Å². The van der Waals surface area contributed by atoms with Crippen LogP contribution < -0.4 is 4.72 Å². The van der Waals surface area contributed by atoms with Crippen LogP contribution in [0.2, 0.25) is 0 Å². The molecule has 0 unspecified atom stereocenters. The van der Waals surface area contributed by atoms with Gasteiger partial charge in [-0.2, -0.15) is 0 Å². The topological polar surface area (TPSA) is 66.4 Å². The number of benzene rings is 1. The Labute approximate surface area is 119 Å². The average molecular weight is 301 g/mol. The summed E-state index contributed by atoms with van der Waals surface area (Å²) >= 11 is 0. The number of hydrogen-bond acceptors (Lipinski definition) is 3. The third-order valence-electron chi connectivity index (χ3n) is 4.01. The second-order valence-corrected chi connectivity index (χ2v) is 7.31. The fourth-order valence-corrected chi connectivity index (χ4v) is 4.14. The maximum Gasteiger partial charge on any atom is 0.244 e. The predicted octanol–water partition coefficient (Wildman–Crippen LogP) is 2.05. The molecule has 0 amide bonds. The largest absolute Gasteiger partial charge is 0.394 e. The van der Waals surface area contributed by atoms with Crippen LogP contribution in [0.15, 0.2) is 29.2 Å². The van der Waals surface area contributed by atoms with E-state index in [0.717, 1.165) is 18.9 Å². The molecular weight excluding hydrogens is 281 g/mol. The molecule has 0 heterocycles. The molecule has 1 aromatic rings. The van der Waals surface area contributed by atoms with Crippen molar-refractivity contribution in [2.75, 3.05) is 6.61 Å². The summed E-state index contributed by atoms with van der Waals surface area (Å²) in [6, 6.07) is 5.27. The molecule has 1 aliphatic carbocycles. The first-order valence-electron chi connectivity index (χ1n) is 6.78. The van der Waals surface area contributed by atoms with Crippen LogP contribution in [-0.2, 0) is 10.0 Å². The van der Waals surface area contributed by atoms with Crippen molar-refractivity contribution in [3.63, 3.8) is 0 Å². The first kappa shape index (κ1) is 15.4. The molecular formula is C14H20FNO3S. The molecule has 6 heteroatoms. The normalized spacial score (nSPS) is 27.4. The number of halogens is 1. The van der Waals surface area contributed by atoms with Gasteiger partial charge >= 0.3 is 0 Å². The van der Waals surface area contributed by atoms with Gasteiger partial charge in [-0.25, -0.2) is 17.5 Å². The van der Waals surface area contributed by atoms with Crippen LogP contribution >= 0.6 is 0 Å². The Balaban J connectivity index is 2.25. The molecule has 112 valence electrons. The standard InChI is InChI=1S/C14H20FNO3S/c1-11-6-8-14(10-17,9-7-11)16-20(18,19)13-5-3-2-4-12(13)15/h2-5,11,16-17H,6-10H2,1H3. The van der Waals surface area contributed by atoms with Gasteiger partial charge in [0.1, 0.15) is 10.7 Å². The Morgan fingerprint density at radius 2 is 1.95 bits per heavy atom. The molecule has 0 spiro atoms. The molecule has 1 fully saturated rings. The molecule has 1 aromatic carbocycles. The summed E-state index contributed by atoms with van der Waals surface area (Å²) < 4.78 is 40.8. The molecule has 2 rings (SSSR count). The zero-order chi connectivity index (χ0) is 14.8. The van der Waals surface area contributed by atoms with Gasteiger partial charge in [-0.3, -0.25) is 0 Å². The highest BCUT2D eigenvalue weighted by Gasteiger charge is 2.38. The number of aliphatic hydroxyl groups is 1. The van der Waals surface area contributed by atoms with Gasteiger partial charge in [-0.05, 0) is 43.7 Å². The maximum atomic E-state index is 13.6. The molecule has 0 aromatic heterocycles. The monoisotopic (exact) mass is 301 g/mol. The highest BCUT2D eigenvalue weighted by molar-refractivity contribution is 7.89. The Morgan fingerprint density at radius 1 is 1.35 bits per heavy atom. The minimum Gasteiger partial charge on any atom is -0.394 e. The molecule has 0 radical (unpaired) electrons. The van der Waals surface area contributed by atoms with Crippen molar-refractivity contribution in [2.24, 2.45) is 5.92 Å². The van der Waals surface area contributed by atoms with E-state index in [-0.39, 0.29) is 11.5 Å². The van der Waals surface area contributed by atoms with Gasteiger partial charge in [0, 0.05) is 0 Å². The van der Waals surface area contributed by atoms with Crippen LogP contribution in [0.25, 0.3) is 0 Å². The van der Waals surface area contributed by atoms with Gasteiger partial charge in [0.2, 0.25) is 10.0 Å². The van der Waals surface area contributed by atoms with Crippen molar-refractivity contribution in [1.82, 2.24) is 4.72 Å². The van der Waals surface area contributed by atoms with E-state index in [1.54, 1.807) is 0 Å². The average Bonchev–Trinajstić information content (AvgIpc) is 2.42. The van der Waals surface area contributed by atoms with Crippen LogP contribution in [0.1, 0.15) is 32.6 Å². The summed E-state index contributed by atoms with van der Waals surface area (Å²) in [5, 5.41) is 9.59. The number of rotatable bonds is 4. The van der Waals surface area contributed by atoms with Crippen LogP contribution in [0, 0.1) is 11.7 Å². The van der Waals surface area contributed by atoms with Gasteiger partial charge in [-0.1, -0.05) is 19.1 Å². The highest BCUT2D eigenvalue weighted by Crippen LogP contribution is 2.33. The Hall–Kier alpha value is -0.980. The first-order valence-corrected chi connectivity index (χ1v) is 8.26. The lowest BCUT2D eigenvalue weighted by molar-refractivity contribution is 0.125. The second kappa shape index (κ2) is 5.79. The Bertz CT molecular complexity index is 566. The van der Waals surface area contributed by atoms with E-state index in [1.807, 2.05) is 0 Å². The van der Waals surface area contributed by atoms with Crippen LogP contribution in [0.5, 0.6) is 0 Å². The lowest BCUT2D eigenvalue weighted by Crippen LogP contribution is -2.53. The highest BCUT2D eigenvalue weighted by atomic mass is 32.2. The van der Waals surface area contributed by atoms with Gasteiger partial charge < -0.3 is 5.11 Å². The zero-order valence-electron chi connectivity index (χ0n) is 11.5. The van der Waals surface area contributed by atoms with Crippen molar-refractivity contribution in [3.8, 4) is 0 Å². The van der Waals surface area contributed by atoms with Crippen molar-refractivity contribution in [3.05, 3.63) is 30.1 Å². The Morgan fingerprint density at radius 3 is 2.50 bits per heavy atom. The molecule has 2 N–H and O–H groups in total. The van der Waals surface area contributed by atoms with E-state index in [0.29, 0.717) is 18.8 Å². The van der Waals surface area contributed by atoms with Crippen molar-refractivity contribution in [1.29, 1.82) is 0 Å². The molecule has 0 bridgehead atoms. The summed E-state index contributed by atoms with van der Waals surface area (Å²) in [4.78, 5) is -0.369. The molecule has 20 heavy (non-hydrogen) atoms. The van der Waals surface area contributed by atoms with Crippen LogP contribution in [-0.4, -0.2) is 25.7 Å². The lowest BCUT2D eigenvalue weighted by atomic mass is 9.78. The summed E-state index contributed by atoms with van der Waals surface area (Å²) in [5.74, 6) is -0.259. The van der Waals surface area contributed by atoms with Gasteiger partial charge in [0.15, 0.2) is 0 Å². The Kier molecular flexibility index (Phi) is 4.46. The van der Waals surface area contributed by atoms with E-state index in [1.165, 1.54) is 18.2 Å². The van der Waals surface area contributed by atoms with E-state index in [4.69, 9.17) is 0 Å². The molecule has 0 saturated heterocycles. The third kappa shape index (κ3) is 3.19. The number of sulfonamides is 1. The minimum absolute atomic E-state index is 0.270. The lowest BCUT2D eigenvalue weighted by Gasteiger charge is -2.38. The number of aliphatic hydroxyl groups excluding tert-OH is 1. The first-order chi connectivity index (χ1) is 9.38. The predicted molar refractivity (Wildman–Crippen MR) is 74.2 cm³/mol. The minimum atomic E-state index is -3.96. The summed E-state index contributed by atoms with van der Waals surface area (Å²) in [5.41, 5.74) is -0.867. The second-order valence-electron chi connectivity index (χ2n) is 5.66. The molecule has 0 atom stereocenters. The fraction of sp³-hybridized carbons (Fsp3) is 0.571. The fourth-order valence-electron chi connectivity index (χ4n) is 2.61. The zero-order valence-corrected chi connectivity index (χ0v) is 12.3. The van der Waals surface area contributed by atoms with E-state index < -0.39 is 21.4 Å². The SMILES string of the molecule is CC1CCC(CO)(NS(=O)(=O)c2ccccc2F)CC1. The van der Waals surface area contributed by atoms with Crippen molar-refractivity contribution in [2.45, 2.75) is 43.0 Å². The molecule has 4 nitrogen and oxygen atoms in total. The van der Waals surface area contributed by atoms with Crippen molar-refractivity contribution < 1.29 is 17.9 Å². The quantitative estimate of drug-likeness (QED) is 0.894. The molecule has 0 aliphatic heterocycles. The van der Waals surface area contributed by atoms with E-state index >= 15 is 0 Å². The number of hydrogen-bond donors (Lipinski definition) is 2. The molecule has 1 aliphatic rings. The van der Waals surface area contributed by atoms with Gasteiger partial charge in [0.25, 0.3) is 0 Å². The van der Waals surface area contributed by atoms with Crippen LogP contribution in [0.3, 0.4) is 0 Å². The smallest absolute Gasteiger partial charge is 0.244 e. The van der Waals surface area contributed by atoms with Gasteiger partial charge in [-0.15, -0.1) is 0 Å². The molecule has 1 saturated carbocycles. The maximum absolute atomic E-state index is 13.6. The van der Waals surface area contributed by atoms with Crippen molar-refractivity contribution >= 4 is 10.0 Å². The van der Waals surface area contributed by atoms with Gasteiger partial charge in [0.05, 0.1) is 12.1 Å².